The molecule has 3 heteroatoms. The summed E-state index contributed by atoms with van der Waals surface area (Å²) in [5.74, 6) is 0. The van der Waals surface area contributed by atoms with Crippen LogP contribution in [0.15, 0.2) is 24.4 Å². The van der Waals surface area contributed by atoms with Crippen LogP contribution in [0.3, 0.4) is 0 Å². The van der Waals surface area contributed by atoms with E-state index in [1.165, 1.54) is 57.4 Å². The molecule has 1 aliphatic rings. The fourth-order valence-electron chi connectivity index (χ4n) is 2.68. The van der Waals surface area contributed by atoms with Gasteiger partial charge in [0.15, 0.2) is 0 Å². The zero-order valence-electron chi connectivity index (χ0n) is 12.0. The Kier molecular flexibility index (Phi) is 6.90. The van der Waals surface area contributed by atoms with E-state index in [9.17, 15) is 0 Å². The molecule has 0 radical (unpaired) electrons. The average molecular weight is 261 g/mol. The second-order valence-electron chi connectivity index (χ2n) is 5.43. The third-order valence-corrected chi connectivity index (χ3v) is 3.79. The maximum atomic E-state index is 4.34. The van der Waals surface area contributed by atoms with E-state index in [2.05, 4.69) is 27.3 Å². The first-order chi connectivity index (χ1) is 9.45. The van der Waals surface area contributed by atoms with Crippen molar-refractivity contribution in [2.24, 2.45) is 0 Å². The number of hydrogen-bond donors (Lipinski definition) is 1. The Morgan fingerprint density at radius 3 is 2.68 bits per heavy atom. The molecule has 2 rings (SSSR count). The SMILES string of the molecule is c1ccc(CCCNCCCN2CCCCC2)nc1. The molecule has 2 heterocycles. The lowest BCUT2D eigenvalue weighted by Crippen LogP contribution is -2.32. The molecule has 1 aromatic heterocycles. The summed E-state index contributed by atoms with van der Waals surface area (Å²) in [7, 11) is 0. The summed E-state index contributed by atoms with van der Waals surface area (Å²) in [6.45, 7) is 6.17. The van der Waals surface area contributed by atoms with Crippen molar-refractivity contribution < 1.29 is 0 Å². The molecule has 106 valence electrons. The summed E-state index contributed by atoms with van der Waals surface area (Å²) in [6.07, 6.45) is 9.66. The summed E-state index contributed by atoms with van der Waals surface area (Å²) < 4.78 is 0. The smallest absolute Gasteiger partial charge is 0.0404 e. The highest BCUT2D eigenvalue weighted by molar-refractivity contribution is 5.03. The molecule has 0 aliphatic carbocycles. The van der Waals surface area contributed by atoms with Crippen LogP contribution in [0, 0.1) is 0 Å². The first-order valence-electron chi connectivity index (χ1n) is 7.78. The van der Waals surface area contributed by atoms with E-state index in [-0.39, 0.29) is 0 Å². The van der Waals surface area contributed by atoms with Crippen LogP contribution < -0.4 is 5.32 Å². The monoisotopic (exact) mass is 261 g/mol. The Morgan fingerprint density at radius 2 is 1.89 bits per heavy atom. The lowest BCUT2D eigenvalue weighted by Gasteiger charge is -2.26. The van der Waals surface area contributed by atoms with Crippen LogP contribution in [0.4, 0.5) is 0 Å². The van der Waals surface area contributed by atoms with Crippen LogP contribution in [0.2, 0.25) is 0 Å². The first-order valence-corrected chi connectivity index (χ1v) is 7.78. The van der Waals surface area contributed by atoms with Crippen LogP contribution >= 0.6 is 0 Å². The molecular weight excluding hydrogens is 234 g/mol. The van der Waals surface area contributed by atoms with Gasteiger partial charge in [-0.1, -0.05) is 12.5 Å². The van der Waals surface area contributed by atoms with Gasteiger partial charge in [0.05, 0.1) is 0 Å². The Labute approximate surface area is 117 Å². The van der Waals surface area contributed by atoms with E-state index >= 15 is 0 Å². The van der Waals surface area contributed by atoms with Crippen LogP contribution in [0.25, 0.3) is 0 Å². The van der Waals surface area contributed by atoms with Crippen molar-refractivity contribution in [2.75, 3.05) is 32.7 Å². The number of rotatable bonds is 8. The molecule has 1 saturated heterocycles. The van der Waals surface area contributed by atoms with Crippen molar-refractivity contribution in [1.82, 2.24) is 15.2 Å². The van der Waals surface area contributed by atoms with Gasteiger partial charge in [0.1, 0.15) is 0 Å². The van der Waals surface area contributed by atoms with Crippen LogP contribution in [-0.4, -0.2) is 42.6 Å². The second kappa shape index (κ2) is 9.05. The third-order valence-electron chi connectivity index (χ3n) is 3.79. The Bertz CT molecular complexity index is 320. The van der Waals surface area contributed by atoms with Crippen molar-refractivity contribution in [3.63, 3.8) is 0 Å². The van der Waals surface area contributed by atoms with Gasteiger partial charge in [-0.3, -0.25) is 4.98 Å². The molecule has 3 nitrogen and oxygen atoms in total. The van der Waals surface area contributed by atoms with Gasteiger partial charge < -0.3 is 10.2 Å². The van der Waals surface area contributed by atoms with E-state index in [1.54, 1.807) is 0 Å². The van der Waals surface area contributed by atoms with E-state index in [4.69, 9.17) is 0 Å². The topological polar surface area (TPSA) is 28.2 Å². The lowest BCUT2D eigenvalue weighted by atomic mass is 10.1. The van der Waals surface area contributed by atoms with E-state index in [0.29, 0.717) is 0 Å². The summed E-state index contributed by atoms with van der Waals surface area (Å²) in [6, 6.07) is 6.15. The number of likely N-dealkylation sites (tertiary alicyclic amines) is 1. The number of piperidine rings is 1. The highest BCUT2D eigenvalue weighted by Crippen LogP contribution is 2.08. The van der Waals surface area contributed by atoms with Gasteiger partial charge in [-0.05, 0) is 77.0 Å². The first kappa shape index (κ1) is 14.5. The molecule has 0 spiro atoms. The van der Waals surface area contributed by atoms with Crippen molar-refractivity contribution in [3.05, 3.63) is 30.1 Å². The van der Waals surface area contributed by atoms with E-state index < -0.39 is 0 Å². The zero-order chi connectivity index (χ0) is 13.2. The van der Waals surface area contributed by atoms with E-state index in [1.807, 2.05) is 12.3 Å². The van der Waals surface area contributed by atoms with Gasteiger partial charge >= 0.3 is 0 Å². The van der Waals surface area contributed by atoms with Crippen LogP contribution in [0.5, 0.6) is 0 Å². The molecule has 1 aliphatic heterocycles. The predicted octanol–water partition coefficient (Wildman–Crippen LogP) is 2.48. The van der Waals surface area contributed by atoms with Crippen molar-refractivity contribution in [1.29, 1.82) is 0 Å². The van der Waals surface area contributed by atoms with Crippen LogP contribution in [0.1, 0.15) is 37.8 Å². The van der Waals surface area contributed by atoms with Gasteiger partial charge in [0.2, 0.25) is 0 Å². The summed E-state index contributed by atoms with van der Waals surface area (Å²) >= 11 is 0. The highest BCUT2D eigenvalue weighted by Gasteiger charge is 2.08. The molecule has 0 aromatic carbocycles. The fourth-order valence-corrected chi connectivity index (χ4v) is 2.68. The zero-order valence-corrected chi connectivity index (χ0v) is 12.0. The molecule has 1 fully saturated rings. The van der Waals surface area contributed by atoms with Crippen LogP contribution in [-0.2, 0) is 6.42 Å². The highest BCUT2D eigenvalue weighted by atomic mass is 15.1. The molecule has 19 heavy (non-hydrogen) atoms. The molecule has 0 atom stereocenters. The normalized spacial score (nSPS) is 16.6. The third kappa shape index (κ3) is 6.17. The van der Waals surface area contributed by atoms with Gasteiger partial charge in [-0.2, -0.15) is 0 Å². The summed E-state index contributed by atoms with van der Waals surface area (Å²) in [4.78, 5) is 6.95. The van der Waals surface area contributed by atoms with Crippen molar-refractivity contribution in [2.45, 2.75) is 38.5 Å². The molecule has 0 amide bonds. The Balaban J connectivity index is 1.42. The van der Waals surface area contributed by atoms with Gasteiger partial charge in [-0.25, -0.2) is 0 Å². The Hall–Kier alpha value is -0.930. The predicted molar refractivity (Wildman–Crippen MR) is 80.3 cm³/mol. The minimum atomic E-state index is 1.08. The number of hydrogen-bond acceptors (Lipinski definition) is 3. The maximum Gasteiger partial charge on any atom is 0.0404 e. The summed E-state index contributed by atoms with van der Waals surface area (Å²) in [5.41, 5.74) is 1.21. The maximum absolute atomic E-state index is 4.34. The number of nitrogens with one attached hydrogen (secondary N) is 1. The summed E-state index contributed by atoms with van der Waals surface area (Å²) in [5, 5.41) is 3.54. The van der Waals surface area contributed by atoms with Gasteiger partial charge in [-0.15, -0.1) is 0 Å². The molecule has 0 bridgehead atoms. The number of aromatic nitrogens is 1. The second-order valence-corrected chi connectivity index (χ2v) is 5.43. The quantitative estimate of drug-likeness (QED) is 0.729. The minimum absolute atomic E-state index is 1.08. The number of nitrogens with zero attached hydrogens (tertiary/aromatic N) is 2. The lowest BCUT2D eigenvalue weighted by molar-refractivity contribution is 0.226. The van der Waals surface area contributed by atoms with Gasteiger partial charge in [0, 0.05) is 11.9 Å². The molecule has 0 unspecified atom stereocenters. The minimum Gasteiger partial charge on any atom is -0.317 e. The van der Waals surface area contributed by atoms with Crippen molar-refractivity contribution in [3.8, 4) is 0 Å². The number of pyridine rings is 1. The fraction of sp³-hybridized carbons (Fsp3) is 0.688. The molecule has 1 N–H and O–H groups in total. The molecule has 0 saturated carbocycles. The average Bonchev–Trinajstić information content (AvgIpc) is 2.48. The molecule has 1 aromatic rings. The van der Waals surface area contributed by atoms with Crippen molar-refractivity contribution >= 4 is 0 Å². The largest absolute Gasteiger partial charge is 0.317 e. The van der Waals surface area contributed by atoms with Gasteiger partial charge in [0.25, 0.3) is 0 Å². The number of aryl methyl sites for hydroxylation is 1. The molecular formula is C16H27N3. The standard InChI is InChI=1S/C16H27N3/c1-4-13-19(14-5-1)15-7-11-17-10-6-9-16-8-2-3-12-18-16/h2-3,8,12,17H,1,4-7,9-11,13-15H2. The van der Waals surface area contributed by atoms with E-state index in [0.717, 1.165) is 19.5 Å². The Morgan fingerprint density at radius 1 is 1.05 bits per heavy atom.